The van der Waals surface area contributed by atoms with Gasteiger partial charge in [-0.25, -0.2) is 9.78 Å². The van der Waals surface area contributed by atoms with Crippen LogP contribution >= 0.6 is 11.8 Å². The highest BCUT2D eigenvalue weighted by Gasteiger charge is 2.05. The van der Waals surface area contributed by atoms with Crippen molar-refractivity contribution in [2.75, 3.05) is 0 Å². The summed E-state index contributed by atoms with van der Waals surface area (Å²) in [6.07, 6.45) is 1.54. The zero-order valence-electron chi connectivity index (χ0n) is 10.9. The third-order valence-electron chi connectivity index (χ3n) is 2.93. The molecule has 1 heterocycles. The van der Waals surface area contributed by atoms with Crippen LogP contribution in [-0.2, 0) is 5.75 Å². The maximum Gasteiger partial charge on any atom is 0.354 e. The molecule has 0 amide bonds. The van der Waals surface area contributed by atoms with Crippen LogP contribution in [0.5, 0.6) is 0 Å². The number of hydrogen-bond acceptors (Lipinski definition) is 3. The van der Waals surface area contributed by atoms with E-state index < -0.39 is 5.97 Å². The van der Waals surface area contributed by atoms with Crippen LogP contribution in [-0.4, -0.2) is 16.1 Å². The molecular weight excluding hydrogens is 258 g/mol. The van der Waals surface area contributed by atoms with E-state index in [-0.39, 0.29) is 5.69 Å². The summed E-state index contributed by atoms with van der Waals surface area (Å²) in [6, 6.07) is 9.81. The van der Waals surface area contributed by atoms with Crippen LogP contribution in [0.1, 0.15) is 27.2 Å². The smallest absolute Gasteiger partial charge is 0.354 e. The molecule has 0 aliphatic carbocycles. The van der Waals surface area contributed by atoms with E-state index in [0.29, 0.717) is 0 Å². The fourth-order valence-corrected chi connectivity index (χ4v) is 2.59. The Bertz CT molecular complexity index is 611. The number of aromatic carboxylic acids is 1. The van der Waals surface area contributed by atoms with Crippen molar-refractivity contribution >= 4 is 17.7 Å². The first-order valence-corrected chi connectivity index (χ1v) is 6.93. The number of carboxylic acid groups (broad SMARTS) is 1. The lowest BCUT2D eigenvalue weighted by atomic mass is 10.1. The van der Waals surface area contributed by atoms with Gasteiger partial charge in [0.2, 0.25) is 0 Å². The Labute approximate surface area is 116 Å². The number of rotatable bonds is 4. The molecule has 0 aliphatic heterocycles. The van der Waals surface area contributed by atoms with Gasteiger partial charge in [0.15, 0.2) is 0 Å². The molecule has 0 radical (unpaired) electrons. The molecule has 1 N–H and O–H groups in total. The second-order valence-electron chi connectivity index (χ2n) is 4.39. The minimum Gasteiger partial charge on any atom is -0.477 e. The van der Waals surface area contributed by atoms with E-state index in [4.69, 9.17) is 5.11 Å². The van der Waals surface area contributed by atoms with E-state index in [2.05, 4.69) is 37.0 Å². The predicted molar refractivity (Wildman–Crippen MR) is 76.7 cm³/mol. The highest BCUT2D eigenvalue weighted by Crippen LogP contribution is 2.24. The molecular formula is C15H15NO2S. The maximum atomic E-state index is 10.8. The second-order valence-corrected chi connectivity index (χ2v) is 5.44. The number of thioether (sulfide) groups is 1. The highest BCUT2D eigenvalue weighted by atomic mass is 32.2. The van der Waals surface area contributed by atoms with E-state index >= 15 is 0 Å². The summed E-state index contributed by atoms with van der Waals surface area (Å²) in [4.78, 5) is 15.8. The number of carboxylic acids is 1. The Morgan fingerprint density at radius 1 is 1.21 bits per heavy atom. The molecule has 98 valence electrons. The number of carbonyl (C=O) groups is 1. The number of benzene rings is 1. The first kappa shape index (κ1) is 13.6. The van der Waals surface area contributed by atoms with Crippen molar-refractivity contribution < 1.29 is 9.90 Å². The first-order chi connectivity index (χ1) is 9.06. The molecule has 0 atom stereocenters. The second kappa shape index (κ2) is 5.89. The van der Waals surface area contributed by atoms with Crippen molar-refractivity contribution in [1.82, 2.24) is 4.98 Å². The summed E-state index contributed by atoms with van der Waals surface area (Å²) in [6.45, 7) is 4.18. The van der Waals surface area contributed by atoms with E-state index in [0.717, 1.165) is 11.3 Å². The van der Waals surface area contributed by atoms with Gasteiger partial charge in [0.05, 0.1) is 0 Å². The Hall–Kier alpha value is -1.81. The third-order valence-corrected chi connectivity index (χ3v) is 3.99. The van der Waals surface area contributed by atoms with Crippen molar-refractivity contribution in [2.45, 2.75) is 24.5 Å². The van der Waals surface area contributed by atoms with Gasteiger partial charge in [0, 0.05) is 16.8 Å². The molecule has 0 saturated carbocycles. The summed E-state index contributed by atoms with van der Waals surface area (Å²) in [5.74, 6) is -0.247. The van der Waals surface area contributed by atoms with Crippen molar-refractivity contribution in [3.05, 3.63) is 58.9 Å². The zero-order valence-corrected chi connectivity index (χ0v) is 11.7. The Balaban J connectivity index is 2.07. The molecule has 0 saturated heterocycles. The molecule has 0 unspecified atom stereocenters. The molecule has 0 aliphatic rings. The summed E-state index contributed by atoms with van der Waals surface area (Å²) in [5, 5.41) is 8.89. The van der Waals surface area contributed by atoms with Gasteiger partial charge in [-0.15, -0.1) is 11.8 Å². The Morgan fingerprint density at radius 3 is 2.68 bits per heavy atom. The lowest BCUT2D eigenvalue weighted by Gasteiger charge is -2.05. The van der Waals surface area contributed by atoms with Crippen LogP contribution in [0.3, 0.4) is 0 Å². The minimum absolute atomic E-state index is 0.0955. The average Bonchev–Trinajstić information content (AvgIpc) is 2.40. The van der Waals surface area contributed by atoms with Gasteiger partial charge < -0.3 is 5.11 Å². The van der Waals surface area contributed by atoms with Crippen LogP contribution in [0.2, 0.25) is 0 Å². The maximum absolute atomic E-state index is 10.8. The molecule has 3 nitrogen and oxygen atoms in total. The monoisotopic (exact) mass is 273 g/mol. The molecule has 1 aromatic heterocycles. The van der Waals surface area contributed by atoms with Crippen molar-refractivity contribution in [3.63, 3.8) is 0 Å². The molecule has 1 aromatic carbocycles. The Kier molecular flexibility index (Phi) is 4.22. The minimum atomic E-state index is -0.988. The quantitative estimate of drug-likeness (QED) is 0.863. The van der Waals surface area contributed by atoms with E-state index in [1.807, 2.05) is 6.07 Å². The number of nitrogens with zero attached hydrogens (tertiary/aromatic N) is 1. The van der Waals surface area contributed by atoms with Gasteiger partial charge >= 0.3 is 5.97 Å². The standard InChI is InChI=1S/C15H15NO2S/c1-10-3-4-13(7-11(10)2)19-9-12-5-6-16-14(8-12)15(17)18/h3-8H,9H2,1-2H3,(H,17,18). The normalized spacial score (nSPS) is 10.4. The van der Waals surface area contributed by atoms with E-state index in [1.54, 1.807) is 24.0 Å². The van der Waals surface area contributed by atoms with E-state index in [1.165, 1.54) is 16.0 Å². The van der Waals surface area contributed by atoms with Crippen LogP contribution < -0.4 is 0 Å². The number of hydrogen-bond donors (Lipinski definition) is 1. The van der Waals surface area contributed by atoms with E-state index in [9.17, 15) is 4.79 Å². The fourth-order valence-electron chi connectivity index (χ4n) is 1.65. The molecule has 4 heteroatoms. The van der Waals surface area contributed by atoms with Gasteiger partial charge in [0.1, 0.15) is 5.69 Å². The number of pyridine rings is 1. The molecule has 2 aromatic rings. The van der Waals surface area contributed by atoms with Gasteiger partial charge in [0.25, 0.3) is 0 Å². The largest absolute Gasteiger partial charge is 0.477 e. The van der Waals surface area contributed by atoms with Gasteiger partial charge in [-0.1, -0.05) is 6.07 Å². The van der Waals surface area contributed by atoms with Gasteiger partial charge in [-0.05, 0) is 54.8 Å². The molecule has 19 heavy (non-hydrogen) atoms. The molecule has 0 bridgehead atoms. The lowest BCUT2D eigenvalue weighted by molar-refractivity contribution is 0.0690. The SMILES string of the molecule is Cc1ccc(SCc2ccnc(C(=O)O)c2)cc1C. The summed E-state index contributed by atoms with van der Waals surface area (Å²) >= 11 is 1.70. The Morgan fingerprint density at radius 2 is 2.00 bits per heavy atom. The van der Waals surface area contributed by atoms with Crippen molar-refractivity contribution in [2.24, 2.45) is 0 Å². The molecule has 2 rings (SSSR count). The summed E-state index contributed by atoms with van der Waals surface area (Å²) in [7, 11) is 0. The van der Waals surface area contributed by atoms with Crippen molar-refractivity contribution in [1.29, 1.82) is 0 Å². The summed E-state index contributed by atoms with van der Waals surface area (Å²) < 4.78 is 0. The average molecular weight is 273 g/mol. The zero-order chi connectivity index (χ0) is 13.8. The highest BCUT2D eigenvalue weighted by molar-refractivity contribution is 7.98. The van der Waals surface area contributed by atoms with Gasteiger partial charge in [-0.2, -0.15) is 0 Å². The number of aromatic nitrogens is 1. The van der Waals surface area contributed by atoms with Crippen LogP contribution in [0.25, 0.3) is 0 Å². The van der Waals surface area contributed by atoms with Crippen molar-refractivity contribution in [3.8, 4) is 0 Å². The van der Waals surface area contributed by atoms with Crippen LogP contribution in [0, 0.1) is 13.8 Å². The van der Waals surface area contributed by atoms with Crippen LogP contribution in [0.15, 0.2) is 41.4 Å². The molecule has 0 spiro atoms. The third kappa shape index (κ3) is 3.58. The van der Waals surface area contributed by atoms with Crippen LogP contribution in [0.4, 0.5) is 0 Å². The first-order valence-electron chi connectivity index (χ1n) is 5.94. The molecule has 0 fully saturated rings. The van der Waals surface area contributed by atoms with Gasteiger partial charge in [-0.3, -0.25) is 0 Å². The summed E-state index contributed by atoms with van der Waals surface area (Å²) in [5.41, 5.74) is 3.61. The fraction of sp³-hybridized carbons (Fsp3) is 0.200. The topological polar surface area (TPSA) is 50.2 Å². The predicted octanol–water partition coefficient (Wildman–Crippen LogP) is 3.69. The number of aryl methyl sites for hydroxylation is 2. The lowest BCUT2D eigenvalue weighted by Crippen LogP contribution is -2.00.